The fourth-order valence-electron chi connectivity index (χ4n) is 2.74. The molecule has 3 aromatic rings. The summed E-state index contributed by atoms with van der Waals surface area (Å²) in [5.41, 5.74) is 1.40. The molecule has 4 nitrogen and oxygen atoms in total. The van der Waals surface area contributed by atoms with Crippen LogP contribution in [-0.2, 0) is 0 Å². The summed E-state index contributed by atoms with van der Waals surface area (Å²) in [6.45, 7) is 7.01. The molecule has 0 unspecified atom stereocenters. The average Bonchev–Trinajstić information content (AvgIpc) is 2.81. The Balaban J connectivity index is 2.19. The zero-order valence-corrected chi connectivity index (χ0v) is 10.7. The number of nitrogens with zero attached hydrogens (tertiary/aromatic N) is 1. The van der Waals surface area contributed by atoms with E-state index in [0.29, 0.717) is 33.5 Å². The number of carbonyl (C=O) groups excluding carboxylic acids is 1. The van der Waals surface area contributed by atoms with Crippen molar-refractivity contribution >= 4 is 22.2 Å². The first-order valence-electron chi connectivity index (χ1n) is 6.33. The molecule has 0 saturated heterocycles. The maximum atomic E-state index is 12.5. The second-order valence-corrected chi connectivity index (χ2v) is 4.81. The van der Waals surface area contributed by atoms with Crippen molar-refractivity contribution < 1.29 is 9.21 Å². The Morgan fingerprint density at radius 2 is 1.71 bits per heavy atom. The molecule has 21 heavy (non-hydrogen) atoms. The lowest BCUT2D eigenvalue weighted by atomic mass is 10.0. The van der Waals surface area contributed by atoms with E-state index in [4.69, 9.17) is 11.0 Å². The van der Waals surface area contributed by atoms with Gasteiger partial charge in [-0.15, -0.1) is 0 Å². The molecule has 1 aliphatic carbocycles. The van der Waals surface area contributed by atoms with Gasteiger partial charge < -0.3 is 4.42 Å². The molecule has 2 aromatic carbocycles. The molecule has 0 spiro atoms. The van der Waals surface area contributed by atoms with E-state index in [1.807, 2.05) is 0 Å². The molecule has 0 amide bonds. The van der Waals surface area contributed by atoms with Gasteiger partial charge >= 0.3 is 5.63 Å². The fraction of sp³-hybridized carbons (Fsp3) is 0. The van der Waals surface area contributed by atoms with Crippen molar-refractivity contribution in [2.45, 2.75) is 0 Å². The highest BCUT2D eigenvalue weighted by Crippen LogP contribution is 2.39. The maximum Gasteiger partial charge on any atom is 0.342 e. The highest BCUT2D eigenvalue weighted by Gasteiger charge is 2.31. The Kier molecular flexibility index (Phi) is 2.16. The predicted octanol–water partition coefficient (Wildman–Crippen LogP) is 3.56. The van der Waals surface area contributed by atoms with E-state index >= 15 is 0 Å². The van der Waals surface area contributed by atoms with Gasteiger partial charge in [-0.3, -0.25) is 4.79 Å². The largest absolute Gasteiger partial charge is 0.421 e. The second-order valence-electron chi connectivity index (χ2n) is 4.81. The highest BCUT2D eigenvalue weighted by atomic mass is 16.4. The second kappa shape index (κ2) is 3.90. The number of ketones is 1. The van der Waals surface area contributed by atoms with Gasteiger partial charge in [0.15, 0.2) is 17.2 Å². The molecule has 98 valence electrons. The summed E-state index contributed by atoms with van der Waals surface area (Å²) in [6.07, 6.45) is 0. The van der Waals surface area contributed by atoms with Crippen LogP contribution in [0.15, 0.2) is 51.7 Å². The van der Waals surface area contributed by atoms with E-state index in [1.165, 1.54) is 6.07 Å². The van der Waals surface area contributed by atoms with E-state index in [2.05, 4.69) is 4.85 Å². The maximum absolute atomic E-state index is 12.5. The average molecular weight is 273 g/mol. The van der Waals surface area contributed by atoms with Crippen molar-refractivity contribution in [2.24, 2.45) is 0 Å². The predicted molar refractivity (Wildman–Crippen MR) is 77.6 cm³/mol. The van der Waals surface area contributed by atoms with Crippen molar-refractivity contribution in [1.82, 2.24) is 0 Å². The third-order valence-corrected chi connectivity index (χ3v) is 3.69. The summed E-state index contributed by atoms with van der Waals surface area (Å²) < 4.78 is 5.35. The number of hydrogen-bond donors (Lipinski definition) is 0. The van der Waals surface area contributed by atoms with Gasteiger partial charge in [-0.2, -0.15) is 0 Å². The quantitative estimate of drug-likeness (QED) is 0.460. The molecule has 1 aliphatic rings. The third-order valence-electron chi connectivity index (χ3n) is 3.69. The first-order valence-corrected chi connectivity index (χ1v) is 6.33. The summed E-state index contributed by atoms with van der Waals surface area (Å²) in [5.74, 6) is 0.175. The molecular weight excluding hydrogens is 266 g/mol. The topological polar surface area (TPSA) is 51.6 Å². The van der Waals surface area contributed by atoms with Crippen LogP contribution in [0.1, 0.15) is 15.9 Å². The number of hydrogen-bond acceptors (Lipinski definition) is 3. The highest BCUT2D eigenvalue weighted by molar-refractivity contribution is 6.26. The molecule has 0 bridgehead atoms. The van der Waals surface area contributed by atoms with Gasteiger partial charge in [0.1, 0.15) is 0 Å². The van der Waals surface area contributed by atoms with Gasteiger partial charge in [0.2, 0.25) is 0 Å². The van der Waals surface area contributed by atoms with Crippen molar-refractivity contribution in [3.05, 3.63) is 75.4 Å². The molecule has 4 heteroatoms. The zero-order valence-electron chi connectivity index (χ0n) is 10.7. The molecule has 0 fully saturated rings. The van der Waals surface area contributed by atoms with Crippen molar-refractivity contribution in [2.75, 3.05) is 0 Å². The molecule has 4 rings (SSSR count). The Morgan fingerprint density at radius 3 is 2.48 bits per heavy atom. The minimum absolute atomic E-state index is 0.148. The smallest absolute Gasteiger partial charge is 0.342 e. The summed E-state index contributed by atoms with van der Waals surface area (Å²) >= 11 is 0. The Labute approximate surface area is 119 Å². The van der Waals surface area contributed by atoms with Gasteiger partial charge in [0.25, 0.3) is 0 Å². The van der Waals surface area contributed by atoms with Crippen LogP contribution >= 0.6 is 0 Å². The monoisotopic (exact) mass is 273 g/mol. The van der Waals surface area contributed by atoms with Crippen molar-refractivity contribution in [3.63, 3.8) is 0 Å². The molecule has 0 saturated carbocycles. The summed E-state index contributed by atoms with van der Waals surface area (Å²) in [5, 5.41) is 0.804. The van der Waals surface area contributed by atoms with Gasteiger partial charge in [-0.25, -0.2) is 9.64 Å². The molecule has 1 aromatic heterocycles. The third kappa shape index (κ3) is 1.43. The van der Waals surface area contributed by atoms with Crippen molar-refractivity contribution in [3.8, 4) is 11.3 Å². The Hall–Kier alpha value is -3.19. The van der Waals surface area contributed by atoms with E-state index in [-0.39, 0.29) is 11.2 Å². The normalized spacial score (nSPS) is 12.0. The minimum Gasteiger partial charge on any atom is -0.421 e. The lowest BCUT2D eigenvalue weighted by molar-refractivity contribution is 0.104. The van der Waals surface area contributed by atoms with E-state index < -0.39 is 5.63 Å². The molecule has 0 atom stereocenters. The zero-order chi connectivity index (χ0) is 14.6. The minimum atomic E-state index is -0.529. The number of rotatable bonds is 0. The molecular formula is C17H7NO3. The van der Waals surface area contributed by atoms with Crippen LogP contribution in [0.4, 0.5) is 5.69 Å². The van der Waals surface area contributed by atoms with Crippen LogP contribution < -0.4 is 5.63 Å². The van der Waals surface area contributed by atoms with Gasteiger partial charge in [0, 0.05) is 16.5 Å². The first-order chi connectivity index (χ1) is 10.2. The van der Waals surface area contributed by atoms with Crippen LogP contribution in [0.3, 0.4) is 0 Å². The Morgan fingerprint density at radius 1 is 0.952 bits per heavy atom. The van der Waals surface area contributed by atoms with Crippen LogP contribution in [0, 0.1) is 6.57 Å². The van der Waals surface area contributed by atoms with Crippen LogP contribution in [-0.4, -0.2) is 5.78 Å². The summed E-state index contributed by atoms with van der Waals surface area (Å²) in [4.78, 5) is 28.0. The van der Waals surface area contributed by atoms with Gasteiger partial charge in [-0.05, 0) is 6.07 Å². The van der Waals surface area contributed by atoms with E-state index in [9.17, 15) is 9.59 Å². The van der Waals surface area contributed by atoms with Crippen molar-refractivity contribution in [1.29, 1.82) is 0 Å². The van der Waals surface area contributed by atoms with Crippen LogP contribution in [0.25, 0.3) is 26.9 Å². The standard InChI is InChI=1S/C17H7NO3/c1-18-9-6-7-10-13(8-9)17(20)21-16-12-5-3-2-4-11(12)15(19)14(10)16/h2-8H. The molecule has 1 heterocycles. The number of benzene rings is 2. The summed E-state index contributed by atoms with van der Waals surface area (Å²) in [6, 6.07) is 11.8. The van der Waals surface area contributed by atoms with Gasteiger partial charge in [0.05, 0.1) is 17.5 Å². The van der Waals surface area contributed by atoms with Gasteiger partial charge in [-0.1, -0.05) is 36.4 Å². The number of carbonyl (C=O) groups is 1. The summed E-state index contributed by atoms with van der Waals surface area (Å²) in [7, 11) is 0. The first kappa shape index (κ1) is 11.6. The van der Waals surface area contributed by atoms with E-state index in [0.717, 1.165) is 0 Å². The molecule has 0 N–H and O–H groups in total. The molecule has 0 radical (unpaired) electrons. The Bertz CT molecular complexity index is 1040. The van der Waals surface area contributed by atoms with Crippen LogP contribution in [0.2, 0.25) is 0 Å². The van der Waals surface area contributed by atoms with Crippen LogP contribution in [0.5, 0.6) is 0 Å². The number of fused-ring (bicyclic) bond motifs is 5. The SMILES string of the molecule is [C-]#[N+]c1ccc2c3c(oc(=O)c2c1)-c1ccccc1C3=O. The lowest BCUT2D eigenvalue weighted by Crippen LogP contribution is -2.04. The van der Waals surface area contributed by atoms with E-state index in [1.54, 1.807) is 36.4 Å². The fourth-order valence-corrected chi connectivity index (χ4v) is 2.74. The lowest BCUT2D eigenvalue weighted by Gasteiger charge is -2.03. The molecule has 0 aliphatic heterocycles.